The molecule has 2 heterocycles. The summed E-state index contributed by atoms with van der Waals surface area (Å²) in [6, 6.07) is 12.7. The molecule has 0 N–H and O–H groups in total. The Kier molecular flexibility index (Phi) is 2.99. The number of allylic oxidation sites excluding steroid dienone is 2. The lowest BCUT2D eigenvalue weighted by Gasteiger charge is -1.98. The van der Waals surface area contributed by atoms with Crippen molar-refractivity contribution in [3.63, 3.8) is 0 Å². The molecule has 0 spiro atoms. The predicted octanol–water partition coefficient (Wildman–Crippen LogP) is 4.83. The molecule has 0 radical (unpaired) electrons. The third-order valence-corrected chi connectivity index (χ3v) is 6.34. The van der Waals surface area contributed by atoms with Crippen molar-refractivity contribution in [2.75, 3.05) is 0 Å². The average molecular weight is 331 g/mol. The van der Waals surface area contributed by atoms with E-state index in [9.17, 15) is 9.59 Å². The quantitative estimate of drug-likeness (QED) is 0.648. The van der Waals surface area contributed by atoms with Crippen LogP contribution in [0.3, 0.4) is 0 Å². The average Bonchev–Trinajstić information content (AvgIpc) is 3.00. The molecule has 5 heteroatoms. The summed E-state index contributed by atoms with van der Waals surface area (Å²) in [5.74, 6) is -0.184. The fraction of sp³-hybridized carbons (Fsp3) is 0. The van der Waals surface area contributed by atoms with Crippen LogP contribution in [-0.4, -0.2) is 11.6 Å². The van der Waals surface area contributed by atoms with Crippen LogP contribution in [0.15, 0.2) is 62.1 Å². The Morgan fingerprint density at radius 1 is 0.762 bits per heavy atom. The standard InChI is InChI=1S/C16H7ClO2S2/c17-10-6-3-5-9-13(19)16(21-14(9)10)15-12(18)8-4-1-2-7-11(8)20-15/h1-7H. The van der Waals surface area contributed by atoms with Gasteiger partial charge in [0.15, 0.2) is 0 Å². The van der Waals surface area contributed by atoms with Gasteiger partial charge in [0.25, 0.3) is 0 Å². The van der Waals surface area contributed by atoms with Crippen LogP contribution in [0.25, 0.3) is 0 Å². The Balaban J connectivity index is 1.86. The normalized spacial score (nSPS) is 19.9. The molecule has 0 atom stereocenters. The van der Waals surface area contributed by atoms with Gasteiger partial charge in [0.2, 0.25) is 11.6 Å². The van der Waals surface area contributed by atoms with Gasteiger partial charge >= 0.3 is 0 Å². The Bertz CT molecular complexity index is 855. The van der Waals surface area contributed by atoms with Crippen LogP contribution < -0.4 is 0 Å². The maximum Gasteiger partial charge on any atom is 0.202 e. The van der Waals surface area contributed by atoms with E-state index in [2.05, 4.69) is 0 Å². The van der Waals surface area contributed by atoms with Gasteiger partial charge in [-0.15, -0.1) is 0 Å². The van der Waals surface area contributed by atoms with E-state index in [0.29, 0.717) is 26.0 Å². The van der Waals surface area contributed by atoms with Gasteiger partial charge in [0, 0.05) is 20.9 Å². The highest BCUT2D eigenvalue weighted by molar-refractivity contribution is 8.08. The van der Waals surface area contributed by atoms with Crippen molar-refractivity contribution in [2.45, 2.75) is 9.79 Å². The van der Waals surface area contributed by atoms with Crippen molar-refractivity contribution in [1.29, 1.82) is 0 Å². The van der Waals surface area contributed by atoms with E-state index < -0.39 is 0 Å². The van der Waals surface area contributed by atoms with E-state index in [0.717, 1.165) is 9.79 Å². The molecule has 0 unspecified atom stereocenters. The molecule has 2 aliphatic rings. The van der Waals surface area contributed by atoms with Crippen LogP contribution in [0.2, 0.25) is 5.02 Å². The van der Waals surface area contributed by atoms with Crippen molar-refractivity contribution < 1.29 is 9.59 Å². The summed E-state index contributed by atoms with van der Waals surface area (Å²) < 4.78 is 0. The number of rotatable bonds is 0. The Hall–Kier alpha value is -1.49. The molecule has 2 aromatic rings. The summed E-state index contributed by atoms with van der Waals surface area (Å²) >= 11 is 8.81. The van der Waals surface area contributed by atoms with Gasteiger partial charge in [0.05, 0.1) is 14.8 Å². The molecular weight excluding hydrogens is 324 g/mol. The zero-order valence-corrected chi connectivity index (χ0v) is 12.9. The monoisotopic (exact) mass is 330 g/mol. The molecule has 0 saturated heterocycles. The molecule has 4 rings (SSSR count). The van der Waals surface area contributed by atoms with Crippen LogP contribution in [0.4, 0.5) is 0 Å². The van der Waals surface area contributed by atoms with Crippen LogP contribution in [0, 0.1) is 0 Å². The minimum absolute atomic E-state index is 0.0737. The minimum Gasteiger partial charge on any atom is -0.288 e. The van der Waals surface area contributed by atoms with E-state index in [1.54, 1.807) is 24.3 Å². The summed E-state index contributed by atoms with van der Waals surface area (Å²) in [5, 5.41) is 0.550. The molecular formula is C16H7ClO2S2. The lowest BCUT2D eigenvalue weighted by atomic mass is 10.1. The first-order chi connectivity index (χ1) is 10.2. The third-order valence-electron chi connectivity index (χ3n) is 3.38. The minimum atomic E-state index is -0.110. The molecule has 0 aliphatic carbocycles. The molecule has 2 aliphatic heterocycles. The molecule has 21 heavy (non-hydrogen) atoms. The van der Waals surface area contributed by atoms with Crippen LogP contribution in [0.1, 0.15) is 20.7 Å². The second-order valence-corrected chi connectivity index (χ2v) is 7.11. The van der Waals surface area contributed by atoms with Crippen LogP contribution in [0.5, 0.6) is 0 Å². The van der Waals surface area contributed by atoms with E-state index in [1.165, 1.54) is 23.5 Å². The first kappa shape index (κ1) is 13.2. The summed E-state index contributed by atoms with van der Waals surface area (Å²) in [5.41, 5.74) is 1.25. The number of hydrogen-bond donors (Lipinski definition) is 0. The summed E-state index contributed by atoms with van der Waals surface area (Å²) in [7, 11) is 0. The molecule has 0 aromatic heterocycles. The Morgan fingerprint density at radius 2 is 1.43 bits per heavy atom. The number of carbonyl (C=O) groups is 2. The summed E-state index contributed by atoms with van der Waals surface area (Å²) in [4.78, 5) is 27.7. The van der Waals surface area contributed by atoms with Gasteiger partial charge in [-0.1, -0.05) is 53.3 Å². The first-order valence-electron chi connectivity index (χ1n) is 6.24. The topological polar surface area (TPSA) is 34.1 Å². The van der Waals surface area contributed by atoms with Crippen LogP contribution >= 0.6 is 35.1 Å². The Morgan fingerprint density at radius 3 is 2.19 bits per heavy atom. The number of hydrogen-bond acceptors (Lipinski definition) is 4. The number of Topliss-reactive ketones (excluding diaryl/α,β-unsaturated/α-hetero) is 2. The maximum absolute atomic E-state index is 12.5. The van der Waals surface area contributed by atoms with Gasteiger partial charge in [-0.25, -0.2) is 0 Å². The van der Waals surface area contributed by atoms with E-state index in [1.807, 2.05) is 18.2 Å². The molecule has 0 bridgehead atoms. The second-order valence-electron chi connectivity index (χ2n) is 4.63. The number of thioether (sulfide) groups is 2. The Labute approximate surface area is 134 Å². The molecule has 102 valence electrons. The van der Waals surface area contributed by atoms with E-state index in [4.69, 9.17) is 11.6 Å². The number of carbonyl (C=O) groups excluding carboxylic acids is 2. The van der Waals surface area contributed by atoms with Crippen molar-refractivity contribution in [2.24, 2.45) is 0 Å². The summed E-state index contributed by atoms with van der Waals surface area (Å²) in [6.07, 6.45) is 0. The molecule has 0 amide bonds. The van der Waals surface area contributed by atoms with Gasteiger partial charge in [-0.05, 0) is 24.3 Å². The molecule has 2 aromatic carbocycles. The van der Waals surface area contributed by atoms with Crippen molar-refractivity contribution in [1.82, 2.24) is 0 Å². The molecule has 0 saturated carbocycles. The summed E-state index contributed by atoms with van der Waals surface area (Å²) in [6.45, 7) is 0. The largest absolute Gasteiger partial charge is 0.288 e. The zero-order valence-electron chi connectivity index (χ0n) is 10.6. The third kappa shape index (κ3) is 1.90. The highest BCUT2D eigenvalue weighted by Gasteiger charge is 2.36. The smallest absolute Gasteiger partial charge is 0.202 e. The van der Waals surface area contributed by atoms with Crippen molar-refractivity contribution in [3.05, 3.63) is 68.4 Å². The number of ketones is 2. The van der Waals surface area contributed by atoms with Gasteiger partial charge in [0.1, 0.15) is 0 Å². The van der Waals surface area contributed by atoms with Gasteiger partial charge in [-0.3, -0.25) is 9.59 Å². The number of fused-ring (bicyclic) bond motifs is 2. The highest BCUT2D eigenvalue weighted by atomic mass is 35.5. The number of benzene rings is 2. The predicted molar refractivity (Wildman–Crippen MR) is 85.3 cm³/mol. The van der Waals surface area contributed by atoms with E-state index in [-0.39, 0.29) is 11.6 Å². The first-order valence-corrected chi connectivity index (χ1v) is 8.25. The fourth-order valence-electron chi connectivity index (χ4n) is 2.38. The highest BCUT2D eigenvalue weighted by Crippen LogP contribution is 2.51. The maximum atomic E-state index is 12.5. The second kappa shape index (κ2) is 4.77. The van der Waals surface area contributed by atoms with Crippen molar-refractivity contribution >= 4 is 46.7 Å². The SMILES string of the molecule is O=C1C(=C2Sc3c(Cl)cccc3C2=O)Sc2ccccc21. The van der Waals surface area contributed by atoms with Crippen molar-refractivity contribution in [3.8, 4) is 0 Å². The van der Waals surface area contributed by atoms with Gasteiger partial charge in [-0.2, -0.15) is 0 Å². The molecule has 2 nitrogen and oxygen atoms in total. The zero-order chi connectivity index (χ0) is 14.6. The number of halogens is 1. The fourth-order valence-corrected chi connectivity index (χ4v) is 4.98. The van der Waals surface area contributed by atoms with E-state index >= 15 is 0 Å². The van der Waals surface area contributed by atoms with Crippen LogP contribution in [-0.2, 0) is 0 Å². The lowest BCUT2D eigenvalue weighted by Crippen LogP contribution is -2.01. The van der Waals surface area contributed by atoms with Gasteiger partial charge < -0.3 is 0 Å². The molecule has 0 fully saturated rings. The lowest BCUT2D eigenvalue weighted by molar-refractivity contribution is 0.101.